The predicted octanol–water partition coefficient (Wildman–Crippen LogP) is 3.18. The fraction of sp³-hybridized carbons (Fsp3) is 0.733. The second-order valence-corrected chi connectivity index (χ2v) is 7.10. The van der Waals surface area contributed by atoms with Crippen molar-refractivity contribution in [2.24, 2.45) is 5.92 Å². The van der Waals surface area contributed by atoms with Crippen LogP contribution >= 0.6 is 11.3 Å². The Kier molecular flexibility index (Phi) is 4.82. The Labute approximate surface area is 115 Å². The smallest absolute Gasteiger partial charge is 0.0302 e. The van der Waals surface area contributed by atoms with Crippen LogP contribution in [0.4, 0.5) is 0 Å². The summed E-state index contributed by atoms with van der Waals surface area (Å²) in [5.74, 6) is 0.850. The molecule has 0 radical (unpaired) electrons. The van der Waals surface area contributed by atoms with Crippen LogP contribution in [0.15, 0.2) is 6.07 Å². The van der Waals surface area contributed by atoms with E-state index in [0.717, 1.165) is 12.5 Å². The second-order valence-electron chi connectivity index (χ2n) is 5.76. The van der Waals surface area contributed by atoms with E-state index in [-0.39, 0.29) is 0 Å². The molecule has 0 aromatic carbocycles. The lowest BCUT2D eigenvalue weighted by Gasteiger charge is -2.33. The van der Waals surface area contributed by atoms with Crippen LogP contribution < -0.4 is 5.32 Å². The quantitative estimate of drug-likeness (QED) is 0.900. The fourth-order valence-electron chi connectivity index (χ4n) is 2.69. The molecule has 1 unspecified atom stereocenters. The largest absolute Gasteiger partial charge is 0.309 e. The second kappa shape index (κ2) is 6.18. The summed E-state index contributed by atoms with van der Waals surface area (Å²) in [7, 11) is 2.23. The van der Waals surface area contributed by atoms with Crippen molar-refractivity contribution in [3.05, 3.63) is 21.4 Å². The third-order valence-corrected chi connectivity index (χ3v) is 5.44. The summed E-state index contributed by atoms with van der Waals surface area (Å²) in [5.41, 5.74) is 1.43. The van der Waals surface area contributed by atoms with Gasteiger partial charge < -0.3 is 10.2 Å². The van der Waals surface area contributed by atoms with E-state index in [2.05, 4.69) is 44.1 Å². The van der Waals surface area contributed by atoms with Gasteiger partial charge in [-0.1, -0.05) is 0 Å². The highest BCUT2D eigenvalue weighted by molar-refractivity contribution is 7.12. The van der Waals surface area contributed by atoms with Gasteiger partial charge in [-0.05, 0) is 71.3 Å². The van der Waals surface area contributed by atoms with Crippen molar-refractivity contribution < 1.29 is 0 Å². The van der Waals surface area contributed by atoms with Crippen LogP contribution in [-0.2, 0) is 6.54 Å². The molecule has 1 aromatic rings. The molecule has 2 heterocycles. The van der Waals surface area contributed by atoms with Gasteiger partial charge in [-0.3, -0.25) is 0 Å². The molecule has 102 valence electrons. The van der Waals surface area contributed by atoms with E-state index in [9.17, 15) is 0 Å². The number of piperidine rings is 1. The lowest BCUT2D eigenvalue weighted by Crippen LogP contribution is -2.40. The lowest BCUT2D eigenvalue weighted by molar-refractivity contribution is 0.189. The summed E-state index contributed by atoms with van der Waals surface area (Å²) in [6.45, 7) is 10.3. The molecule has 3 heteroatoms. The fourth-order valence-corrected chi connectivity index (χ4v) is 3.70. The maximum atomic E-state index is 3.72. The van der Waals surface area contributed by atoms with E-state index in [0.29, 0.717) is 6.04 Å². The number of likely N-dealkylation sites (tertiary alicyclic amines) is 1. The molecule has 18 heavy (non-hydrogen) atoms. The lowest BCUT2D eigenvalue weighted by atomic mass is 9.90. The van der Waals surface area contributed by atoms with E-state index >= 15 is 0 Å². The van der Waals surface area contributed by atoms with Crippen molar-refractivity contribution in [2.45, 2.75) is 46.2 Å². The van der Waals surface area contributed by atoms with Crippen LogP contribution in [0, 0.1) is 19.8 Å². The average molecular weight is 266 g/mol. The Morgan fingerprint density at radius 2 is 2.06 bits per heavy atom. The molecule has 1 atom stereocenters. The van der Waals surface area contributed by atoms with Gasteiger partial charge in [0.2, 0.25) is 0 Å². The summed E-state index contributed by atoms with van der Waals surface area (Å²) in [5, 5.41) is 3.72. The van der Waals surface area contributed by atoms with Gasteiger partial charge in [-0.2, -0.15) is 0 Å². The molecule has 1 saturated heterocycles. The average Bonchev–Trinajstić information content (AvgIpc) is 2.67. The zero-order valence-corrected chi connectivity index (χ0v) is 12.9. The first kappa shape index (κ1) is 14.0. The zero-order valence-electron chi connectivity index (χ0n) is 12.1. The monoisotopic (exact) mass is 266 g/mol. The molecule has 1 N–H and O–H groups in total. The predicted molar refractivity (Wildman–Crippen MR) is 80.3 cm³/mol. The minimum atomic E-state index is 0.640. The molecule has 1 fully saturated rings. The minimum absolute atomic E-state index is 0.640. The van der Waals surface area contributed by atoms with E-state index < -0.39 is 0 Å². The molecule has 0 saturated carbocycles. The molecule has 1 aromatic heterocycles. The van der Waals surface area contributed by atoms with E-state index in [1.165, 1.54) is 41.2 Å². The molecule has 0 spiro atoms. The molecule has 2 rings (SSSR count). The number of aryl methyl sites for hydroxylation is 2. The Morgan fingerprint density at radius 3 is 2.61 bits per heavy atom. The standard InChI is InChI=1S/C15H26N2S/c1-11-9-15(18-13(11)3)10-16-12(2)14-5-7-17(4)8-6-14/h9,12,14,16H,5-8,10H2,1-4H3. The van der Waals surface area contributed by atoms with E-state index in [1.54, 1.807) is 0 Å². The highest BCUT2D eigenvalue weighted by atomic mass is 32.1. The van der Waals surface area contributed by atoms with Gasteiger partial charge in [0.25, 0.3) is 0 Å². The van der Waals surface area contributed by atoms with Crippen LogP contribution in [0.25, 0.3) is 0 Å². The van der Waals surface area contributed by atoms with Crippen molar-refractivity contribution in [3.8, 4) is 0 Å². The first-order chi connectivity index (χ1) is 8.56. The summed E-state index contributed by atoms with van der Waals surface area (Å²) < 4.78 is 0. The highest BCUT2D eigenvalue weighted by Gasteiger charge is 2.21. The summed E-state index contributed by atoms with van der Waals surface area (Å²) >= 11 is 1.93. The number of hydrogen-bond acceptors (Lipinski definition) is 3. The number of rotatable bonds is 4. The maximum absolute atomic E-state index is 3.72. The van der Waals surface area contributed by atoms with Crippen molar-refractivity contribution in [3.63, 3.8) is 0 Å². The van der Waals surface area contributed by atoms with E-state index in [4.69, 9.17) is 0 Å². The topological polar surface area (TPSA) is 15.3 Å². The number of nitrogens with zero attached hydrogens (tertiary/aromatic N) is 1. The Morgan fingerprint density at radius 1 is 1.39 bits per heavy atom. The van der Waals surface area contributed by atoms with Gasteiger partial charge in [-0.25, -0.2) is 0 Å². The maximum Gasteiger partial charge on any atom is 0.0302 e. The van der Waals surface area contributed by atoms with Crippen LogP contribution in [-0.4, -0.2) is 31.1 Å². The van der Waals surface area contributed by atoms with Gasteiger partial charge >= 0.3 is 0 Å². The van der Waals surface area contributed by atoms with Crippen LogP contribution in [0.1, 0.15) is 35.1 Å². The molecule has 0 bridgehead atoms. The first-order valence-electron chi connectivity index (χ1n) is 7.04. The number of thiophene rings is 1. The number of hydrogen-bond donors (Lipinski definition) is 1. The third-order valence-electron chi connectivity index (χ3n) is 4.29. The van der Waals surface area contributed by atoms with Crippen molar-refractivity contribution in [1.82, 2.24) is 10.2 Å². The third kappa shape index (κ3) is 3.56. The Hall–Kier alpha value is -0.380. The van der Waals surface area contributed by atoms with Gasteiger partial charge in [0.05, 0.1) is 0 Å². The van der Waals surface area contributed by atoms with Crippen LogP contribution in [0.5, 0.6) is 0 Å². The van der Waals surface area contributed by atoms with E-state index in [1.807, 2.05) is 11.3 Å². The normalized spacial score (nSPS) is 20.2. The Bertz CT molecular complexity index is 358. The summed E-state index contributed by atoms with van der Waals surface area (Å²) in [6.07, 6.45) is 2.68. The van der Waals surface area contributed by atoms with Gasteiger partial charge in [0.1, 0.15) is 0 Å². The summed E-state index contributed by atoms with van der Waals surface area (Å²) in [4.78, 5) is 5.37. The van der Waals surface area contributed by atoms with Crippen molar-refractivity contribution in [2.75, 3.05) is 20.1 Å². The minimum Gasteiger partial charge on any atom is -0.309 e. The number of nitrogens with one attached hydrogen (secondary N) is 1. The molecular weight excluding hydrogens is 240 g/mol. The van der Waals surface area contributed by atoms with Gasteiger partial charge in [0.15, 0.2) is 0 Å². The molecule has 0 amide bonds. The molecule has 2 nitrogen and oxygen atoms in total. The molecule has 0 aliphatic carbocycles. The van der Waals surface area contributed by atoms with Crippen molar-refractivity contribution >= 4 is 11.3 Å². The van der Waals surface area contributed by atoms with Crippen molar-refractivity contribution in [1.29, 1.82) is 0 Å². The summed E-state index contributed by atoms with van der Waals surface area (Å²) in [6, 6.07) is 2.97. The van der Waals surface area contributed by atoms with Crippen LogP contribution in [0.2, 0.25) is 0 Å². The zero-order chi connectivity index (χ0) is 13.1. The molecule has 1 aliphatic rings. The Balaban J connectivity index is 1.79. The van der Waals surface area contributed by atoms with Crippen LogP contribution in [0.3, 0.4) is 0 Å². The molecular formula is C15H26N2S. The molecule has 1 aliphatic heterocycles. The highest BCUT2D eigenvalue weighted by Crippen LogP contribution is 2.22. The SMILES string of the molecule is Cc1cc(CNC(C)C2CCN(C)CC2)sc1C. The van der Waals surface area contributed by atoms with Gasteiger partial charge in [-0.15, -0.1) is 11.3 Å². The van der Waals surface area contributed by atoms with Gasteiger partial charge in [0, 0.05) is 22.3 Å². The first-order valence-corrected chi connectivity index (χ1v) is 7.85.